The van der Waals surface area contributed by atoms with Gasteiger partial charge in [-0.25, -0.2) is 0 Å². The first-order valence-electron chi connectivity index (χ1n) is 7.41. The lowest BCUT2D eigenvalue weighted by molar-refractivity contribution is -0.384. The van der Waals surface area contributed by atoms with E-state index in [0.717, 1.165) is 12.1 Å². The summed E-state index contributed by atoms with van der Waals surface area (Å²) in [6.45, 7) is 5.38. The van der Waals surface area contributed by atoms with Crippen molar-refractivity contribution in [1.82, 2.24) is 4.90 Å². The molecule has 0 spiro atoms. The third-order valence-corrected chi connectivity index (χ3v) is 4.89. The van der Waals surface area contributed by atoms with E-state index in [1.54, 1.807) is 12.1 Å². The fraction of sp³-hybridized carbons (Fsp3) is 0.625. The summed E-state index contributed by atoms with van der Waals surface area (Å²) in [5.41, 5.74) is 1.39. The smallest absolute Gasteiger partial charge is 0.288 e. The second-order valence-corrected chi connectivity index (χ2v) is 7.26. The Bertz CT molecular complexity index is 521. The van der Waals surface area contributed by atoms with Gasteiger partial charge in [-0.3, -0.25) is 15.0 Å². The summed E-state index contributed by atoms with van der Waals surface area (Å²) >= 11 is 5.85. The fourth-order valence-corrected chi connectivity index (χ4v) is 3.22. The summed E-state index contributed by atoms with van der Waals surface area (Å²) in [6, 6.07) is 5.64. The molecule has 0 aromatic heterocycles. The average molecular weight is 311 g/mol. The van der Waals surface area contributed by atoms with Crippen LogP contribution in [0.3, 0.4) is 0 Å². The molecule has 0 saturated heterocycles. The highest BCUT2D eigenvalue weighted by atomic mass is 35.5. The highest BCUT2D eigenvalue weighted by molar-refractivity contribution is 6.32. The Kier molecular flexibility index (Phi) is 4.89. The van der Waals surface area contributed by atoms with Crippen LogP contribution in [0.1, 0.15) is 45.1 Å². The van der Waals surface area contributed by atoms with Crippen LogP contribution in [0.2, 0.25) is 5.02 Å². The lowest BCUT2D eigenvalue weighted by Gasteiger charge is -2.38. The van der Waals surface area contributed by atoms with Gasteiger partial charge in [0.05, 0.1) is 4.92 Å². The first kappa shape index (κ1) is 16.2. The lowest BCUT2D eigenvalue weighted by Crippen LogP contribution is -2.36. The quantitative estimate of drug-likeness (QED) is 0.600. The largest absolute Gasteiger partial charge is 0.299 e. The van der Waals surface area contributed by atoms with Gasteiger partial charge < -0.3 is 0 Å². The molecule has 5 heteroatoms. The number of nitrogens with zero attached hydrogens (tertiary/aromatic N) is 2. The summed E-state index contributed by atoms with van der Waals surface area (Å²) < 4.78 is 0. The molecule has 0 amide bonds. The standard InChI is InChI=1S/C16H23ClN2O2/c1-16(2)8-6-13(7-9-16)18(3)11-12-4-5-14(17)15(10-12)19(20)21/h4-5,10,13H,6-9,11H2,1-3H3. The van der Waals surface area contributed by atoms with Crippen LogP contribution in [-0.2, 0) is 6.54 Å². The zero-order valence-electron chi connectivity index (χ0n) is 12.9. The average Bonchev–Trinajstić information content (AvgIpc) is 2.40. The third-order valence-electron chi connectivity index (χ3n) is 4.57. The lowest BCUT2D eigenvalue weighted by atomic mass is 9.75. The number of hydrogen-bond acceptors (Lipinski definition) is 3. The van der Waals surface area contributed by atoms with E-state index >= 15 is 0 Å². The summed E-state index contributed by atoms with van der Waals surface area (Å²) in [7, 11) is 2.10. The van der Waals surface area contributed by atoms with Crippen LogP contribution < -0.4 is 0 Å². The van der Waals surface area contributed by atoms with Crippen LogP contribution in [0, 0.1) is 15.5 Å². The Labute approximate surface area is 131 Å². The Morgan fingerprint density at radius 2 is 2.00 bits per heavy atom. The normalized spacial score (nSPS) is 18.9. The Balaban J connectivity index is 2.01. The zero-order valence-corrected chi connectivity index (χ0v) is 13.7. The van der Waals surface area contributed by atoms with E-state index in [9.17, 15) is 10.1 Å². The summed E-state index contributed by atoms with van der Waals surface area (Å²) in [4.78, 5) is 12.8. The third kappa shape index (κ3) is 4.17. The van der Waals surface area contributed by atoms with E-state index in [1.165, 1.54) is 25.7 Å². The number of hydrogen-bond donors (Lipinski definition) is 0. The molecule has 0 heterocycles. The van der Waals surface area contributed by atoms with Crippen LogP contribution >= 0.6 is 11.6 Å². The van der Waals surface area contributed by atoms with Gasteiger partial charge in [-0.1, -0.05) is 31.5 Å². The van der Waals surface area contributed by atoms with E-state index in [0.29, 0.717) is 11.5 Å². The minimum absolute atomic E-state index is 0.00709. The highest BCUT2D eigenvalue weighted by Crippen LogP contribution is 2.37. The van der Waals surface area contributed by atoms with Crippen molar-refractivity contribution < 1.29 is 4.92 Å². The van der Waals surface area contributed by atoms with Crippen molar-refractivity contribution in [2.45, 2.75) is 52.1 Å². The molecule has 116 valence electrons. The molecule has 0 N–H and O–H groups in total. The summed E-state index contributed by atoms with van der Waals surface area (Å²) in [6.07, 6.45) is 4.86. The number of benzene rings is 1. The first-order valence-corrected chi connectivity index (χ1v) is 7.79. The van der Waals surface area contributed by atoms with Gasteiger partial charge in [-0.2, -0.15) is 0 Å². The maximum absolute atomic E-state index is 10.9. The minimum atomic E-state index is -0.422. The molecule has 2 rings (SSSR count). The van der Waals surface area contributed by atoms with E-state index in [4.69, 9.17) is 11.6 Å². The molecule has 1 saturated carbocycles. The Hall–Kier alpha value is -1.13. The first-order chi connectivity index (χ1) is 9.78. The number of nitro groups is 1. The fourth-order valence-electron chi connectivity index (χ4n) is 3.04. The van der Waals surface area contributed by atoms with Crippen molar-refractivity contribution >= 4 is 17.3 Å². The van der Waals surface area contributed by atoms with Gasteiger partial charge in [-0.15, -0.1) is 0 Å². The highest BCUT2D eigenvalue weighted by Gasteiger charge is 2.28. The van der Waals surface area contributed by atoms with Crippen LogP contribution in [0.15, 0.2) is 18.2 Å². The Morgan fingerprint density at radius 1 is 1.38 bits per heavy atom. The molecule has 1 fully saturated rings. The van der Waals surface area contributed by atoms with Crippen LogP contribution in [0.25, 0.3) is 0 Å². The van der Waals surface area contributed by atoms with Crippen molar-refractivity contribution in [3.63, 3.8) is 0 Å². The predicted octanol–water partition coefficient (Wildman–Crippen LogP) is 4.65. The van der Waals surface area contributed by atoms with Crippen LogP contribution in [0.4, 0.5) is 5.69 Å². The van der Waals surface area contributed by atoms with Crippen molar-refractivity contribution in [1.29, 1.82) is 0 Å². The van der Waals surface area contributed by atoms with Crippen molar-refractivity contribution in [3.05, 3.63) is 38.9 Å². The summed E-state index contributed by atoms with van der Waals surface area (Å²) in [5.74, 6) is 0. The summed E-state index contributed by atoms with van der Waals surface area (Å²) in [5, 5.41) is 11.1. The van der Waals surface area contributed by atoms with Crippen molar-refractivity contribution in [2.75, 3.05) is 7.05 Å². The van der Waals surface area contributed by atoms with E-state index in [1.807, 2.05) is 6.07 Å². The molecule has 1 aromatic rings. The Morgan fingerprint density at radius 3 is 2.57 bits per heavy atom. The number of rotatable bonds is 4. The molecule has 1 aliphatic carbocycles. The predicted molar refractivity (Wildman–Crippen MR) is 85.6 cm³/mol. The molecule has 0 unspecified atom stereocenters. The second-order valence-electron chi connectivity index (χ2n) is 6.85. The number of halogens is 1. The van der Waals surface area contributed by atoms with Gasteiger partial charge in [0.2, 0.25) is 0 Å². The van der Waals surface area contributed by atoms with Gasteiger partial charge in [0.15, 0.2) is 0 Å². The number of nitro benzene ring substituents is 1. The van der Waals surface area contributed by atoms with Gasteiger partial charge >= 0.3 is 0 Å². The maximum Gasteiger partial charge on any atom is 0.288 e. The molecule has 0 atom stereocenters. The molecule has 4 nitrogen and oxygen atoms in total. The molecule has 0 radical (unpaired) electrons. The minimum Gasteiger partial charge on any atom is -0.299 e. The SMILES string of the molecule is CN(Cc1ccc(Cl)c([N+](=O)[O-])c1)C1CCC(C)(C)CC1. The molecule has 0 aliphatic heterocycles. The van der Waals surface area contributed by atoms with E-state index < -0.39 is 4.92 Å². The van der Waals surface area contributed by atoms with Crippen LogP contribution in [-0.4, -0.2) is 22.9 Å². The van der Waals surface area contributed by atoms with E-state index in [-0.39, 0.29) is 10.7 Å². The van der Waals surface area contributed by atoms with Crippen molar-refractivity contribution in [3.8, 4) is 0 Å². The van der Waals surface area contributed by atoms with Gasteiger partial charge in [-0.05, 0) is 49.8 Å². The monoisotopic (exact) mass is 310 g/mol. The topological polar surface area (TPSA) is 46.4 Å². The van der Waals surface area contributed by atoms with E-state index in [2.05, 4.69) is 25.8 Å². The van der Waals surface area contributed by atoms with Crippen molar-refractivity contribution in [2.24, 2.45) is 5.41 Å². The molecule has 1 aliphatic rings. The second kappa shape index (κ2) is 6.32. The maximum atomic E-state index is 10.9. The van der Waals surface area contributed by atoms with Crippen LogP contribution in [0.5, 0.6) is 0 Å². The van der Waals surface area contributed by atoms with Gasteiger partial charge in [0.1, 0.15) is 5.02 Å². The van der Waals surface area contributed by atoms with Gasteiger partial charge in [0, 0.05) is 18.7 Å². The molecular weight excluding hydrogens is 288 g/mol. The molecular formula is C16H23ClN2O2. The molecule has 0 bridgehead atoms. The molecule has 21 heavy (non-hydrogen) atoms. The zero-order chi connectivity index (χ0) is 15.6. The van der Waals surface area contributed by atoms with Gasteiger partial charge in [0.25, 0.3) is 5.69 Å². The molecule has 1 aromatic carbocycles.